The van der Waals surface area contributed by atoms with Crippen molar-refractivity contribution in [3.63, 3.8) is 0 Å². The quantitative estimate of drug-likeness (QED) is 0.722. The molecule has 0 aliphatic carbocycles. The minimum atomic E-state index is -1.01. The van der Waals surface area contributed by atoms with Crippen LogP contribution in [0.2, 0.25) is 0 Å². The highest BCUT2D eigenvalue weighted by Crippen LogP contribution is 2.34. The third kappa shape index (κ3) is 3.19. The highest BCUT2D eigenvalue weighted by Gasteiger charge is 2.15. The van der Waals surface area contributed by atoms with Crippen molar-refractivity contribution in [3.05, 3.63) is 53.9 Å². The summed E-state index contributed by atoms with van der Waals surface area (Å²) in [6, 6.07) is 9.39. The van der Waals surface area contributed by atoms with Gasteiger partial charge in [-0.3, -0.25) is 4.40 Å². The van der Waals surface area contributed by atoms with E-state index >= 15 is 0 Å². The molecule has 6 heteroatoms. The maximum atomic E-state index is 11.0. The number of carboxylic acids is 1. The molecule has 0 aliphatic heterocycles. The van der Waals surface area contributed by atoms with Gasteiger partial charge in [-0.2, -0.15) is 0 Å². The highest BCUT2D eigenvalue weighted by molar-refractivity contribution is 5.87. The Balaban J connectivity index is 2.24. The zero-order valence-electron chi connectivity index (χ0n) is 14.2. The fraction of sp³-hybridized carbons (Fsp3) is 0.158. The summed E-state index contributed by atoms with van der Waals surface area (Å²) in [5, 5.41) is 8.99. The maximum Gasteiger partial charge on any atom is 0.328 e. The number of ether oxygens (including phenoxy) is 2. The molecule has 2 heterocycles. The second-order valence-electron chi connectivity index (χ2n) is 5.52. The van der Waals surface area contributed by atoms with E-state index in [-0.39, 0.29) is 0 Å². The van der Waals surface area contributed by atoms with Gasteiger partial charge < -0.3 is 14.6 Å². The van der Waals surface area contributed by atoms with Crippen LogP contribution in [0.1, 0.15) is 11.3 Å². The molecule has 0 aliphatic rings. The summed E-state index contributed by atoms with van der Waals surface area (Å²) in [7, 11) is 3.14. The van der Waals surface area contributed by atoms with E-state index in [1.54, 1.807) is 26.4 Å². The fourth-order valence-electron chi connectivity index (χ4n) is 2.67. The first-order valence-corrected chi connectivity index (χ1v) is 7.65. The van der Waals surface area contributed by atoms with Crippen LogP contribution in [-0.4, -0.2) is 34.7 Å². The molecule has 3 rings (SSSR count). The van der Waals surface area contributed by atoms with Gasteiger partial charge in [0.05, 0.1) is 25.6 Å². The van der Waals surface area contributed by atoms with Gasteiger partial charge in [-0.25, -0.2) is 9.78 Å². The van der Waals surface area contributed by atoms with Crippen LogP contribution in [0.15, 0.2) is 42.6 Å². The molecule has 0 amide bonds. The number of fused-ring (bicyclic) bond motifs is 1. The number of rotatable bonds is 5. The lowest BCUT2D eigenvalue weighted by Gasteiger charge is -2.09. The van der Waals surface area contributed by atoms with Crippen LogP contribution in [0.25, 0.3) is 23.0 Å². The maximum absolute atomic E-state index is 11.0. The molecule has 0 unspecified atom stereocenters. The van der Waals surface area contributed by atoms with Crippen molar-refractivity contribution in [1.82, 2.24) is 9.38 Å². The zero-order chi connectivity index (χ0) is 18.0. The molecule has 0 spiro atoms. The minimum Gasteiger partial charge on any atom is -0.493 e. The second kappa shape index (κ2) is 6.68. The number of hydrogen-bond acceptors (Lipinski definition) is 4. The third-order valence-corrected chi connectivity index (χ3v) is 3.86. The molecule has 0 radical (unpaired) electrons. The zero-order valence-corrected chi connectivity index (χ0v) is 14.2. The number of aromatic nitrogens is 2. The number of aliphatic carboxylic acids is 1. The van der Waals surface area contributed by atoms with E-state index in [1.807, 2.05) is 41.8 Å². The smallest absolute Gasteiger partial charge is 0.328 e. The lowest BCUT2D eigenvalue weighted by molar-refractivity contribution is -0.131. The van der Waals surface area contributed by atoms with Gasteiger partial charge in [0.2, 0.25) is 0 Å². The molecular weight excluding hydrogens is 320 g/mol. The number of methoxy groups -OCH3 is 2. The van der Waals surface area contributed by atoms with Gasteiger partial charge in [0.15, 0.2) is 11.5 Å². The van der Waals surface area contributed by atoms with Gasteiger partial charge in [0, 0.05) is 17.8 Å². The Morgan fingerprint density at radius 2 is 1.92 bits per heavy atom. The number of carboxylic acid groups (broad SMARTS) is 1. The summed E-state index contributed by atoms with van der Waals surface area (Å²) in [5.41, 5.74) is 3.98. The van der Waals surface area contributed by atoms with E-state index in [0.717, 1.165) is 22.9 Å². The summed E-state index contributed by atoms with van der Waals surface area (Å²) >= 11 is 0. The number of carbonyl (C=O) groups is 1. The molecule has 0 atom stereocenters. The van der Waals surface area contributed by atoms with Crippen molar-refractivity contribution >= 4 is 17.7 Å². The number of imidazole rings is 1. The van der Waals surface area contributed by atoms with Crippen molar-refractivity contribution < 1.29 is 19.4 Å². The Labute approximate surface area is 145 Å². The van der Waals surface area contributed by atoms with Gasteiger partial charge in [-0.15, -0.1) is 0 Å². The number of nitrogens with zero attached hydrogens (tertiary/aromatic N) is 2. The molecule has 128 valence electrons. The molecule has 6 nitrogen and oxygen atoms in total. The van der Waals surface area contributed by atoms with Crippen molar-refractivity contribution in [2.24, 2.45) is 0 Å². The summed E-state index contributed by atoms with van der Waals surface area (Å²) in [6.45, 7) is 1.98. The Morgan fingerprint density at radius 1 is 1.16 bits per heavy atom. The molecule has 1 N–H and O–H groups in total. The molecule has 0 saturated carbocycles. The lowest BCUT2D eigenvalue weighted by atomic mass is 10.1. The van der Waals surface area contributed by atoms with Crippen molar-refractivity contribution in [1.29, 1.82) is 0 Å². The van der Waals surface area contributed by atoms with Crippen LogP contribution >= 0.6 is 0 Å². The predicted octanol–water partition coefficient (Wildman–Crippen LogP) is 3.42. The highest BCUT2D eigenvalue weighted by atomic mass is 16.5. The Hall–Kier alpha value is -3.28. The first-order valence-electron chi connectivity index (χ1n) is 7.65. The molecule has 0 bridgehead atoms. The summed E-state index contributed by atoms with van der Waals surface area (Å²) in [6.07, 6.45) is 4.53. The SMILES string of the molecule is COc1ccc(-c2nc3cc(C)ccn3c2C=CC(=O)O)cc1OC. The standard InChI is InChI=1S/C19H18N2O4/c1-12-8-9-21-14(5-7-18(22)23)19(20-17(21)10-12)13-4-6-15(24-2)16(11-13)25-3/h4-11H,1-3H3,(H,22,23). The number of aryl methyl sites for hydroxylation is 1. The number of pyridine rings is 1. The van der Waals surface area contributed by atoms with Crippen LogP contribution in [0.4, 0.5) is 0 Å². The van der Waals surface area contributed by atoms with Crippen molar-refractivity contribution in [2.45, 2.75) is 6.92 Å². The number of benzene rings is 1. The van der Waals surface area contributed by atoms with Crippen LogP contribution in [0, 0.1) is 6.92 Å². The topological polar surface area (TPSA) is 73.1 Å². The molecule has 0 fully saturated rings. The Bertz CT molecular complexity index is 973. The normalized spacial score (nSPS) is 11.2. The van der Waals surface area contributed by atoms with Gasteiger partial charge in [-0.05, 0) is 48.9 Å². The van der Waals surface area contributed by atoms with Gasteiger partial charge in [0.1, 0.15) is 5.65 Å². The van der Waals surface area contributed by atoms with E-state index < -0.39 is 5.97 Å². The van der Waals surface area contributed by atoms with E-state index in [2.05, 4.69) is 4.98 Å². The van der Waals surface area contributed by atoms with E-state index in [9.17, 15) is 4.79 Å². The second-order valence-corrected chi connectivity index (χ2v) is 5.52. The van der Waals surface area contributed by atoms with Gasteiger partial charge in [-0.1, -0.05) is 0 Å². The average Bonchev–Trinajstić information content (AvgIpc) is 2.96. The summed E-state index contributed by atoms with van der Waals surface area (Å²) < 4.78 is 12.5. The average molecular weight is 338 g/mol. The number of hydrogen-bond donors (Lipinski definition) is 1. The van der Waals surface area contributed by atoms with E-state index in [4.69, 9.17) is 14.6 Å². The van der Waals surface area contributed by atoms with Crippen LogP contribution in [0.3, 0.4) is 0 Å². The molecule has 1 aromatic carbocycles. The minimum absolute atomic E-state index is 0.585. The van der Waals surface area contributed by atoms with Crippen LogP contribution in [-0.2, 0) is 4.79 Å². The summed E-state index contributed by atoms with van der Waals surface area (Å²) in [4.78, 5) is 15.6. The van der Waals surface area contributed by atoms with Crippen molar-refractivity contribution in [2.75, 3.05) is 14.2 Å². The van der Waals surface area contributed by atoms with Crippen LogP contribution in [0.5, 0.6) is 11.5 Å². The van der Waals surface area contributed by atoms with Gasteiger partial charge in [0.25, 0.3) is 0 Å². The molecule has 25 heavy (non-hydrogen) atoms. The fourth-order valence-corrected chi connectivity index (χ4v) is 2.67. The molecule has 3 aromatic rings. The van der Waals surface area contributed by atoms with Gasteiger partial charge >= 0.3 is 5.97 Å². The lowest BCUT2D eigenvalue weighted by Crippen LogP contribution is -1.93. The molecular formula is C19H18N2O4. The third-order valence-electron chi connectivity index (χ3n) is 3.86. The Morgan fingerprint density at radius 3 is 2.60 bits per heavy atom. The van der Waals surface area contributed by atoms with Crippen LogP contribution < -0.4 is 9.47 Å². The molecule has 0 saturated heterocycles. The van der Waals surface area contributed by atoms with Crippen molar-refractivity contribution in [3.8, 4) is 22.8 Å². The first-order chi connectivity index (χ1) is 12.0. The largest absolute Gasteiger partial charge is 0.493 e. The monoisotopic (exact) mass is 338 g/mol. The van der Waals surface area contributed by atoms with E-state index in [1.165, 1.54) is 0 Å². The predicted molar refractivity (Wildman–Crippen MR) is 95.1 cm³/mol. The molecule has 2 aromatic heterocycles. The Kier molecular flexibility index (Phi) is 4.43. The summed E-state index contributed by atoms with van der Waals surface area (Å²) in [5.74, 6) is 0.190. The first kappa shape index (κ1) is 16.6. The van der Waals surface area contributed by atoms with E-state index in [0.29, 0.717) is 22.9 Å².